The maximum atomic E-state index is 11.1. The van der Waals surface area contributed by atoms with Crippen LogP contribution in [0.4, 0.5) is 11.5 Å². The van der Waals surface area contributed by atoms with E-state index in [1.165, 1.54) is 4.68 Å². The zero-order chi connectivity index (χ0) is 15.9. The van der Waals surface area contributed by atoms with Gasteiger partial charge in [0, 0.05) is 23.9 Å². The Labute approximate surface area is 134 Å². The lowest BCUT2D eigenvalue weighted by Gasteiger charge is -2.03. The molecule has 3 aromatic heterocycles. The summed E-state index contributed by atoms with van der Waals surface area (Å²) in [7, 11) is 1.67. The van der Waals surface area contributed by atoms with Crippen LogP contribution in [0.2, 0.25) is 0 Å². The SMILES string of the molecule is Cc1nn(C)c(NCc2cn3cc(Br)ccc3n2)c1[N+](=O)[O-]. The van der Waals surface area contributed by atoms with Gasteiger partial charge < -0.3 is 9.72 Å². The highest BCUT2D eigenvalue weighted by Crippen LogP contribution is 2.27. The first-order valence-corrected chi connectivity index (χ1v) is 7.30. The van der Waals surface area contributed by atoms with Gasteiger partial charge in [-0.1, -0.05) is 0 Å². The topological polar surface area (TPSA) is 90.3 Å². The molecule has 0 aliphatic rings. The molecule has 0 aliphatic heterocycles. The molecule has 0 saturated heterocycles. The Hall–Kier alpha value is -2.42. The van der Waals surface area contributed by atoms with Gasteiger partial charge in [-0.05, 0) is 35.0 Å². The first-order valence-electron chi connectivity index (χ1n) is 6.50. The molecule has 3 aromatic rings. The summed E-state index contributed by atoms with van der Waals surface area (Å²) in [5.74, 6) is 0.376. The van der Waals surface area contributed by atoms with Gasteiger partial charge in [0.1, 0.15) is 11.3 Å². The number of nitrogens with zero attached hydrogens (tertiary/aromatic N) is 5. The van der Waals surface area contributed by atoms with Crippen LogP contribution < -0.4 is 5.32 Å². The summed E-state index contributed by atoms with van der Waals surface area (Å²) < 4.78 is 4.32. The van der Waals surface area contributed by atoms with E-state index >= 15 is 0 Å². The predicted molar refractivity (Wildman–Crippen MR) is 84.8 cm³/mol. The van der Waals surface area contributed by atoms with Gasteiger partial charge in [-0.25, -0.2) is 9.67 Å². The van der Waals surface area contributed by atoms with Gasteiger partial charge in [0.05, 0.1) is 17.2 Å². The average Bonchev–Trinajstić information content (AvgIpc) is 2.95. The molecule has 0 radical (unpaired) electrons. The number of nitro groups is 1. The standard InChI is InChI=1S/C13H13BrN6O2/c1-8-12(20(21)22)13(18(2)17-8)15-5-10-7-19-6-9(14)3-4-11(19)16-10/h3-4,6-7,15H,5H2,1-2H3. The zero-order valence-corrected chi connectivity index (χ0v) is 13.5. The van der Waals surface area contributed by atoms with Crippen LogP contribution in [0.1, 0.15) is 11.4 Å². The normalized spacial score (nSPS) is 11.0. The van der Waals surface area contributed by atoms with Crippen molar-refractivity contribution in [1.82, 2.24) is 19.2 Å². The van der Waals surface area contributed by atoms with Crippen LogP contribution in [-0.4, -0.2) is 24.1 Å². The van der Waals surface area contributed by atoms with Crippen molar-refractivity contribution in [2.45, 2.75) is 13.5 Å². The van der Waals surface area contributed by atoms with Crippen molar-refractivity contribution in [3.63, 3.8) is 0 Å². The lowest BCUT2D eigenvalue weighted by molar-refractivity contribution is -0.384. The van der Waals surface area contributed by atoms with E-state index < -0.39 is 4.92 Å². The molecule has 3 heterocycles. The highest BCUT2D eigenvalue weighted by Gasteiger charge is 2.23. The van der Waals surface area contributed by atoms with Crippen LogP contribution >= 0.6 is 15.9 Å². The number of imidazole rings is 1. The van der Waals surface area contributed by atoms with Crippen molar-refractivity contribution >= 4 is 33.1 Å². The lowest BCUT2D eigenvalue weighted by Crippen LogP contribution is -2.06. The number of aryl methyl sites for hydroxylation is 2. The molecule has 0 bridgehead atoms. The minimum Gasteiger partial charge on any atom is -0.359 e. The van der Waals surface area contributed by atoms with E-state index in [4.69, 9.17) is 0 Å². The van der Waals surface area contributed by atoms with Crippen LogP contribution in [-0.2, 0) is 13.6 Å². The summed E-state index contributed by atoms with van der Waals surface area (Å²) in [4.78, 5) is 15.2. The molecule has 0 saturated carbocycles. The van der Waals surface area contributed by atoms with Crippen LogP contribution in [0.15, 0.2) is 29.0 Å². The summed E-state index contributed by atoms with van der Waals surface area (Å²) in [6.07, 6.45) is 3.78. The number of rotatable bonds is 4. The fourth-order valence-corrected chi connectivity index (χ4v) is 2.69. The Balaban J connectivity index is 1.86. The van der Waals surface area contributed by atoms with Crippen molar-refractivity contribution < 1.29 is 4.92 Å². The summed E-state index contributed by atoms with van der Waals surface area (Å²) in [5, 5.41) is 18.3. The summed E-state index contributed by atoms with van der Waals surface area (Å²) in [6.45, 7) is 1.99. The van der Waals surface area contributed by atoms with Gasteiger partial charge in [0.15, 0.2) is 0 Å². The number of nitrogens with one attached hydrogen (secondary N) is 1. The monoisotopic (exact) mass is 364 g/mol. The number of pyridine rings is 1. The van der Waals surface area contributed by atoms with E-state index in [0.29, 0.717) is 18.1 Å². The third-order valence-corrected chi connectivity index (χ3v) is 3.74. The molecule has 0 amide bonds. The molecule has 22 heavy (non-hydrogen) atoms. The molecule has 1 N–H and O–H groups in total. The molecule has 0 aromatic carbocycles. The van der Waals surface area contributed by atoms with Gasteiger partial charge in [-0.2, -0.15) is 5.10 Å². The molecule has 0 fully saturated rings. The van der Waals surface area contributed by atoms with E-state index in [2.05, 4.69) is 31.3 Å². The quantitative estimate of drug-likeness (QED) is 0.567. The van der Waals surface area contributed by atoms with Gasteiger partial charge in [0.25, 0.3) is 0 Å². The third kappa shape index (κ3) is 2.54. The first-order chi connectivity index (χ1) is 10.5. The molecule has 0 atom stereocenters. The van der Waals surface area contributed by atoms with Crippen molar-refractivity contribution in [1.29, 1.82) is 0 Å². The van der Waals surface area contributed by atoms with E-state index in [1.54, 1.807) is 14.0 Å². The van der Waals surface area contributed by atoms with E-state index in [-0.39, 0.29) is 5.69 Å². The maximum Gasteiger partial charge on any atom is 0.333 e. The fraction of sp³-hybridized carbons (Fsp3) is 0.231. The second-order valence-corrected chi connectivity index (χ2v) is 5.78. The van der Waals surface area contributed by atoms with Gasteiger partial charge in [-0.15, -0.1) is 0 Å². The van der Waals surface area contributed by atoms with Crippen LogP contribution in [0.25, 0.3) is 5.65 Å². The molecule has 3 rings (SSSR count). The van der Waals surface area contributed by atoms with E-state index in [0.717, 1.165) is 15.8 Å². The van der Waals surface area contributed by atoms with Crippen LogP contribution in [0, 0.1) is 17.0 Å². The number of hydrogen-bond acceptors (Lipinski definition) is 5. The van der Waals surface area contributed by atoms with Crippen LogP contribution in [0.3, 0.4) is 0 Å². The Morgan fingerprint density at radius 1 is 1.41 bits per heavy atom. The van der Waals surface area contributed by atoms with Crippen LogP contribution in [0.5, 0.6) is 0 Å². The van der Waals surface area contributed by atoms with Crippen molar-refractivity contribution in [2.75, 3.05) is 5.32 Å². The second-order valence-electron chi connectivity index (χ2n) is 4.86. The van der Waals surface area contributed by atoms with E-state index in [1.807, 2.05) is 28.9 Å². The summed E-state index contributed by atoms with van der Waals surface area (Å²) >= 11 is 3.40. The largest absolute Gasteiger partial charge is 0.359 e. The number of anilines is 1. The van der Waals surface area contributed by atoms with Crippen molar-refractivity contribution in [3.8, 4) is 0 Å². The highest BCUT2D eigenvalue weighted by atomic mass is 79.9. The molecule has 0 unspecified atom stereocenters. The minimum atomic E-state index is -0.425. The highest BCUT2D eigenvalue weighted by molar-refractivity contribution is 9.10. The second kappa shape index (κ2) is 5.41. The van der Waals surface area contributed by atoms with Gasteiger partial charge in [0.2, 0.25) is 5.82 Å². The Bertz CT molecular complexity index is 869. The molecule has 0 spiro atoms. The zero-order valence-electron chi connectivity index (χ0n) is 11.9. The van der Waals surface area contributed by atoms with Crippen molar-refractivity contribution in [2.24, 2.45) is 7.05 Å². The lowest BCUT2D eigenvalue weighted by atomic mass is 10.3. The predicted octanol–water partition coefficient (Wildman–Crippen LogP) is 2.66. The average molecular weight is 365 g/mol. The van der Waals surface area contributed by atoms with E-state index in [9.17, 15) is 10.1 Å². The summed E-state index contributed by atoms with van der Waals surface area (Å²) in [5.41, 5.74) is 1.98. The molecular weight excluding hydrogens is 352 g/mol. The fourth-order valence-electron chi connectivity index (χ4n) is 2.34. The maximum absolute atomic E-state index is 11.1. The number of halogens is 1. The Morgan fingerprint density at radius 3 is 2.91 bits per heavy atom. The number of aromatic nitrogens is 4. The van der Waals surface area contributed by atoms with Gasteiger partial charge in [-0.3, -0.25) is 10.1 Å². The molecular formula is C13H13BrN6O2. The number of hydrogen-bond donors (Lipinski definition) is 1. The molecule has 9 heteroatoms. The molecule has 114 valence electrons. The van der Waals surface area contributed by atoms with Crippen molar-refractivity contribution in [3.05, 3.63) is 50.5 Å². The Morgan fingerprint density at radius 2 is 2.18 bits per heavy atom. The minimum absolute atomic E-state index is 0.00555. The molecule has 8 nitrogen and oxygen atoms in total. The first kappa shape index (κ1) is 14.5. The Kier molecular flexibility index (Phi) is 3.57. The van der Waals surface area contributed by atoms with Gasteiger partial charge >= 0.3 is 5.69 Å². The smallest absolute Gasteiger partial charge is 0.333 e. The third-order valence-electron chi connectivity index (χ3n) is 3.27. The number of fused-ring (bicyclic) bond motifs is 1. The molecule has 0 aliphatic carbocycles. The summed E-state index contributed by atoms with van der Waals surface area (Å²) in [6, 6.07) is 3.80.